The van der Waals surface area contributed by atoms with Gasteiger partial charge < -0.3 is 0 Å². The molecule has 0 aromatic heterocycles. The maximum atomic E-state index is 13.6. The molecule has 0 spiro atoms. The largest absolute Gasteiger partial charge is 0.278 e. The minimum Gasteiger partial charge on any atom is -0.278 e. The minimum absolute atomic E-state index is 0.0699. The van der Waals surface area contributed by atoms with Gasteiger partial charge in [-0.05, 0) is 12.1 Å². The highest BCUT2D eigenvalue weighted by molar-refractivity contribution is 6.03. The van der Waals surface area contributed by atoms with E-state index < -0.39 is 5.82 Å². The van der Waals surface area contributed by atoms with Crippen LogP contribution >= 0.6 is 0 Å². The second-order valence-electron chi connectivity index (χ2n) is 4.34. The molecule has 0 N–H and O–H groups in total. The summed E-state index contributed by atoms with van der Waals surface area (Å²) in [6, 6.07) is 5.82. The summed E-state index contributed by atoms with van der Waals surface area (Å²) >= 11 is 0. The lowest BCUT2D eigenvalue weighted by Crippen LogP contribution is -2.30. The molecule has 0 aliphatic carbocycles. The monoisotopic (exact) mass is 246 g/mol. The van der Waals surface area contributed by atoms with Crippen LogP contribution in [0.2, 0.25) is 0 Å². The molecule has 1 unspecified atom stereocenters. The molecule has 18 heavy (non-hydrogen) atoms. The number of carbonyl (C=O) groups excluding carboxylic acids is 2. The van der Waals surface area contributed by atoms with Crippen LogP contribution < -0.4 is 0 Å². The number of nitrogens with zero attached hydrogens (tertiary/aromatic N) is 2. The number of benzene rings is 1. The van der Waals surface area contributed by atoms with E-state index >= 15 is 0 Å². The van der Waals surface area contributed by atoms with Crippen LogP contribution in [0.3, 0.4) is 0 Å². The third-order valence-corrected chi connectivity index (χ3v) is 2.98. The Morgan fingerprint density at radius 3 is 2.72 bits per heavy atom. The highest BCUT2D eigenvalue weighted by Gasteiger charge is 2.35. The Bertz CT molecular complexity index is 563. The van der Waals surface area contributed by atoms with E-state index in [1.807, 2.05) is 6.07 Å². The SMILES string of the molecule is CC1CC(=O)N(Cc2ccc(C#N)cc2F)C1=O. The average Bonchev–Trinajstić information content (AvgIpc) is 2.58. The number of rotatable bonds is 2. The zero-order valence-electron chi connectivity index (χ0n) is 9.81. The molecule has 0 saturated carbocycles. The maximum absolute atomic E-state index is 13.6. The second kappa shape index (κ2) is 4.57. The topological polar surface area (TPSA) is 61.2 Å². The molecule has 1 aliphatic heterocycles. The normalized spacial score (nSPS) is 19.2. The van der Waals surface area contributed by atoms with Crippen molar-refractivity contribution >= 4 is 11.8 Å². The van der Waals surface area contributed by atoms with Gasteiger partial charge in [-0.15, -0.1) is 0 Å². The Balaban J connectivity index is 2.23. The molecule has 2 rings (SSSR count). The molecule has 0 bridgehead atoms. The minimum atomic E-state index is -0.575. The van der Waals surface area contributed by atoms with Crippen LogP contribution in [0.1, 0.15) is 24.5 Å². The van der Waals surface area contributed by atoms with Gasteiger partial charge in [-0.3, -0.25) is 14.5 Å². The fraction of sp³-hybridized carbons (Fsp3) is 0.308. The van der Waals surface area contributed by atoms with Crippen molar-refractivity contribution in [3.63, 3.8) is 0 Å². The molecule has 1 aromatic carbocycles. The van der Waals surface area contributed by atoms with Gasteiger partial charge >= 0.3 is 0 Å². The van der Waals surface area contributed by atoms with E-state index in [1.165, 1.54) is 12.1 Å². The van der Waals surface area contributed by atoms with Crippen LogP contribution in [0.25, 0.3) is 0 Å². The molecular weight excluding hydrogens is 235 g/mol. The summed E-state index contributed by atoms with van der Waals surface area (Å²) in [7, 11) is 0. The highest BCUT2D eigenvalue weighted by atomic mass is 19.1. The first-order valence-corrected chi connectivity index (χ1v) is 5.55. The molecule has 1 aliphatic rings. The van der Waals surface area contributed by atoms with Gasteiger partial charge in [0.05, 0.1) is 18.2 Å². The van der Waals surface area contributed by atoms with Crippen LogP contribution in [0.5, 0.6) is 0 Å². The summed E-state index contributed by atoms with van der Waals surface area (Å²) in [5, 5.41) is 8.62. The van der Waals surface area contributed by atoms with Crippen molar-refractivity contribution < 1.29 is 14.0 Å². The van der Waals surface area contributed by atoms with Gasteiger partial charge in [-0.1, -0.05) is 13.0 Å². The van der Waals surface area contributed by atoms with Gasteiger partial charge in [0.25, 0.3) is 0 Å². The lowest BCUT2D eigenvalue weighted by molar-refractivity contribution is -0.139. The van der Waals surface area contributed by atoms with Crippen LogP contribution in [0.15, 0.2) is 18.2 Å². The maximum Gasteiger partial charge on any atom is 0.232 e. The zero-order chi connectivity index (χ0) is 13.3. The molecule has 92 valence electrons. The van der Waals surface area contributed by atoms with Crippen molar-refractivity contribution in [3.05, 3.63) is 35.1 Å². The van der Waals surface area contributed by atoms with E-state index in [9.17, 15) is 14.0 Å². The fourth-order valence-electron chi connectivity index (χ4n) is 1.93. The third kappa shape index (κ3) is 2.09. The Morgan fingerprint density at radius 1 is 1.50 bits per heavy atom. The lowest BCUT2D eigenvalue weighted by Gasteiger charge is -2.14. The number of likely N-dealkylation sites (tertiary alicyclic amines) is 1. The number of carbonyl (C=O) groups is 2. The second-order valence-corrected chi connectivity index (χ2v) is 4.34. The summed E-state index contributed by atoms with van der Waals surface area (Å²) in [6.07, 6.45) is 0.177. The molecule has 0 radical (unpaired) electrons. The summed E-state index contributed by atoms with van der Waals surface area (Å²) in [6.45, 7) is 1.61. The first-order valence-electron chi connectivity index (χ1n) is 5.55. The van der Waals surface area contributed by atoms with E-state index in [2.05, 4.69) is 0 Å². The molecule has 2 amide bonds. The molecule has 1 saturated heterocycles. The van der Waals surface area contributed by atoms with Gasteiger partial charge in [0, 0.05) is 17.9 Å². The number of hydrogen-bond acceptors (Lipinski definition) is 3. The van der Waals surface area contributed by atoms with Crippen molar-refractivity contribution in [3.8, 4) is 6.07 Å². The molecule has 1 heterocycles. The first-order chi connectivity index (χ1) is 8.52. The summed E-state index contributed by atoms with van der Waals surface area (Å²) in [5.41, 5.74) is 0.452. The standard InChI is InChI=1S/C13H11FN2O2/c1-8-4-12(17)16(13(8)18)7-10-3-2-9(6-15)5-11(10)14/h2-3,5,8H,4,7H2,1H3. The number of amides is 2. The third-order valence-electron chi connectivity index (χ3n) is 2.98. The van der Waals surface area contributed by atoms with Crippen molar-refractivity contribution in [1.29, 1.82) is 5.26 Å². The van der Waals surface area contributed by atoms with Gasteiger partial charge in [-0.2, -0.15) is 5.26 Å². The number of halogens is 1. The Kier molecular flexibility index (Phi) is 3.11. The van der Waals surface area contributed by atoms with Crippen molar-refractivity contribution in [2.75, 3.05) is 0 Å². The smallest absolute Gasteiger partial charge is 0.232 e. The lowest BCUT2D eigenvalue weighted by atomic mass is 10.1. The molecule has 1 fully saturated rings. The zero-order valence-corrected chi connectivity index (χ0v) is 9.81. The van der Waals surface area contributed by atoms with Crippen LogP contribution in [0, 0.1) is 23.1 Å². The Morgan fingerprint density at radius 2 is 2.22 bits per heavy atom. The summed E-state index contributed by atoms with van der Waals surface area (Å²) < 4.78 is 13.6. The number of imide groups is 1. The van der Waals surface area contributed by atoms with Crippen LogP contribution in [-0.2, 0) is 16.1 Å². The summed E-state index contributed by atoms with van der Waals surface area (Å²) in [5.74, 6) is -1.46. The van der Waals surface area contributed by atoms with E-state index in [4.69, 9.17) is 5.26 Å². The molecular formula is C13H11FN2O2. The van der Waals surface area contributed by atoms with Gasteiger partial charge in [0.2, 0.25) is 11.8 Å². The Hall–Kier alpha value is -2.22. The predicted octanol–water partition coefficient (Wildman–Crippen LogP) is 1.59. The molecule has 4 nitrogen and oxygen atoms in total. The molecule has 1 atom stereocenters. The van der Waals surface area contributed by atoms with Gasteiger partial charge in [-0.25, -0.2) is 4.39 Å². The first kappa shape index (κ1) is 12.2. The number of nitriles is 1. The highest BCUT2D eigenvalue weighted by Crippen LogP contribution is 2.22. The summed E-state index contributed by atoms with van der Waals surface area (Å²) in [4.78, 5) is 24.3. The van der Waals surface area contributed by atoms with E-state index in [-0.39, 0.29) is 41.8 Å². The number of hydrogen-bond donors (Lipinski definition) is 0. The van der Waals surface area contributed by atoms with Crippen LogP contribution in [0.4, 0.5) is 4.39 Å². The molecule has 1 aromatic rings. The van der Waals surface area contributed by atoms with Crippen LogP contribution in [-0.4, -0.2) is 16.7 Å². The van der Waals surface area contributed by atoms with Gasteiger partial charge in [0.1, 0.15) is 5.82 Å². The van der Waals surface area contributed by atoms with Gasteiger partial charge in [0.15, 0.2) is 0 Å². The quantitative estimate of drug-likeness (QED) is 0.744. The predicted molar refractivity (Wildman–Crippen MR) is 60.5 cm³/mol. The van der Waals surface area contributed by atoms with E-state index in [0.29, 0.717) is 0 Å². The van der Waals surface area contributed by atoms with Crippen molar-refractivity contribution in [1.82, 2.24) is 4.90 Å². The Labute approximate surface area is 104 Å². The van der Waals surface area contributed by atoms with Crippen molar-refractivity contribution in [2.24, 2.45) is 5.92 Å². The van der Waals surface area contributed by atoms with E-state index in [0.717, 1.165) is 11.0 Å². The fourth-order valence-corrected chi connectivity index (χ4v) is 1.93. The van der Waals surface area contributed by atoms with E-state index in [1.54, 1.807) is 6.92 Å². The molecule has 5 heteroatoms. The van der Waals surface area contributed by atoms with Crippen molar-refractivity contribution in [2.45, 2.75) is 19.9 Å². The average molecular weight is 246 g/mol.